The van der Waals surface area contributed by atoms with Crippen LogP contribution in [0.15, 0.2) is 12.4 Å². The molecule has 0 saturated heterocycles. The first-order valence-corrected chi connectivity index (χ1v) is 7.74. The van der Waals surface area contributed by atoms with Gasteiger partial charge in [-0.25, -0.2) is 0 Å². The van der Waals surface area contributed by atoms with E-state index in [4.69, 9.17) is 4.74 Å². The van der Waals surface area contributed by atoms with E-state index in [1.165, 1.54) is 19.3 Å². The predicted molar refractivity (Wildman–Crippen MR) is 76.4 cm³/mol. The van der Waals surface area contributed by atoms with Crippen molar-refractivity contribution < 1.29 is 4.74 Å². The number of thioether (sulfide) groups is 1. The van der Waals surface area contributed by atoms with Gasteiger partial charge in [-0.05, 0) is 39.4 Å². The van der Waals surface area contributed by atoms with Crippen molar-refractivity contribution in [2.45, 2.75) is 50.5 Å². The second kappa shape index (κ2) is 6.27. The summed E-state index contributed by atoms with van der Waals surface area (Å²) >= 11 is 1.96. The Morgan fingerprint density at radius 2 is 2.22 bits per heavy atom. The highest BCUT2D eigenvalue weighted by molar-refractivity contribution is 7.99. The number of nitrogens with zero attached hydrogens (tertiary/aromatic N) is 2. The molecule has 100 valence electrons. The lowest BCUT2D eigenvalue weighted by atomic mass is 10.2. The largest absolute Gasteiger partial charge is 0.474 e. The van der Waals surface area contributed by atoms with Crippen LogP contribution in [0.3, 0.4) is 0 Å². The molecule has 1 aliphatic carbocycles. The molecule has 4 nitrogen and oxygen atoms in total. The quantitative estimate of drug-likeness (QED) is 0.888. The zero-order chi connectivity index (χ0) is 13.0. The topological polar surface area (TPSA) is 47.0 Å². The Kier molecular flexibility index (Phi) is 4.69. The molecule has 0 aliphatic heterocycles. The van der Waals surface area contributed by atoms with Crippen LogP contribution < -0.4 is 10.1 Å². The minimum Gasteiger partial charge on any atom is -0.474 e. The summed E-state index contributed by atoms with van der Waals surface area (Å²) < 4.78 is 5.54. The standard InChI is InChI=1S/C13H21N3OS/c1-9(2)17-13-8-14-7-12(16-13)15-10-4-5-11(6-10)18-3/h7-11H,4-6H2,1-3H3,(H,15,16). The fourth-order valence-corrected chi connectivity index (χ4v) is 3.01. The fraction of sp³-hybridized carbons (Fsp3) is 0.692. The maximum Gasteiger partial charge on any atom is 0.234 e. The van der Waals surface area contributed by atoms with Gasteiger partial charge in [0.15, 0.2) is 0 Å². The zero-order valence-corrected chi connectivity index (χ0v) is 12.0. The molecule has 0 spiro atoms. The first-order chi connectivity index (χ1) is 8.67. The number of aromatic nitrogens is 2. The molecule has 0 aromatic carbocycles. The monoisotopic (exact) mass is 267 g/mol. The van der Waals surface area contributed by atoms with Crippen molar-refractivity contribution in [2.24, 2.45) is 0 Å². The van der Waals surface area contributed by atoms with Crippen LogP contribution in [0.4, 0.5) is 5.82 Å². The number of hydrogen-bond acceptors (Lipinski definition) is 5. The summed E-state index contributed by atoms with van der Waals surface area (Å²) in [6, 6.07) is 0.519. The minimum absolute atomic E-state index is 0.127. The predicted octanol–water partition coefficient (Wildman–Crippen LogP) is 2.96. The van der Waals surface area contributed by atoms with E-state index in [2.05, 4.69) is 21.5 Å². The van der Waals surface area contributed by atoms with Crippen LogP contribution in [0.25, 0.3) is 0 Å². The van der Waals surface area contributed by atoms with Gasteiger partial charge in [0.05, 0.1) is 18.5 Å². The Morgan fingerprint density at radius 3 is 2.89 bits per heavy atom. The summed E-state index contributed by atoms with van der Waals surface area (Å²) in [7, 11) is 0. The fourth-order valence-electron chi connectivity index (χ4n) is 2.21. The van der Waals surface area contributed by atoms with Crippen molar-refractivity contribution in [2.75, 3.05) is 11.6 Å². The van der Waals surface area contributed by atoms with Gasteiger partial charge in [-0.2, -0.15) is 16.7 Å². The second-order valence-electron chi connectivity index (χ2n) is 4.92. The third kappa shape index (κ3) is 3.77. The van der Waals surface area contributed by atoms with Crippen molar-refractivity contribution in [3.8, 4) is 5.88 Å². The normalized spacial score (nSPS) is 23.3. The van der Waals surface area contributed by atoms with Crippen LogP contribution in [0.2, 0.25) is 0 Å². The van der Waals surface area contributed by atoms with E-state index in [-0.39, 0.29) is 6.10 Å². The van der Waals surface area contributed by atoms with Gasteiger partial charge in [0.1, 0.15) is 5.82 Å². The summed E-state index contributed by atoms with van der Waals surface area (Å²) in [6.45, 7) is 3.98. The molecular formula is C13H21N3OS. The Labute approximate surface area is 113 Å². The van der Waals surface area contributed by atoms with Gasteiger partial charge >= 0.3 is 0 Å². The number of nitrogens with one attached hydrogen (secondary N) is 1. The lowest BCUT2D eigenvalue weighted by Gasteiger charge is -2.14. The van der Waals surface area contributed by atoms with Crippen molar-refractivity contribution in [3.63, 3.8) is 0 Å². The van der Waals surface area contributed by atoms with Gasteiger partial charge in [-0.1, -0.05) is 0 Å². The molecule has 2 atom stereocenters. The van der Waals surface area contributed by atoms with Crippen molar-refractivity contribution >= 4 is 17.6 Å². The molecule has 0 amide bonds. The number of rotatable bonds is 5. The van der Waals surface area contributed by atoms with Gasteiger partial charge < -0.3 is 10.1 Å². The van der Waals surface area contributed by atoms with E-state index >= 15 is 0 Å². The highest BCUT2D eigenvalue weighted by Crippen LogP contribution is 2.29. The summed E-state index contributed by atoms with van der Waals surface area (Å²) in [5.41, 5.74) is 0. The average Bonchev–Trinajstić information content (AvgIpc) is 2.76. The highest BCUT2D eigenvalue weighted by Gasteiger charge is 2.24. The molecule has 1 aliphatic rings. The maximum atomic E-state index is 5.54. The van der Waals surface area contributed by atoms with E-state index in [1.807, 2.05) is 25.6 Å². The summed E-state index contributed by atoms with van der Waals surface area (Å²) in [6.07, 6.45) is 9.44. The Morgan fingerprint density at radius 1 is 1.39 bits per heavy atom. The van der Waals surface area contributed by atoms with Crippen LogP contribution in [-0.4, -0.2) is 33.6 Å². The van der Waals surface area contributed by atoms with E-state index < -0.39 is 0 Å². The third-order valence-electron chi connectivity index (χ3n) is 3.04. The Bertz CT molecular complexity index is 386. The average molecular weight is 267 g/mol. The van der Waals surface area contributed by atoms with Crippen LogP contribution in [0, 0.1) is 0 Å². The lowest BCUT2D eigenvalue weighted by molar-refractivity contribution is 0.232. The maximum absolute atomic E-state index is 5.54. The first-order valence-electron chi connectivity index (χ1n) is 6.45. The van der Waals surface area contributed by atoms with Crippen molar-refractivity contribution in [1.29, 1.82) is 0 Å². The molecule has 0 radical (unpaired) electrons. The first kappa shape index (κ1) is 13.5. The van der Waals surface area contributed by atoms with E-state index in [0.717, 1.165) is 11.1 Å². The molecule has 1 aromatic heterocycles. The second-order valence-corrected chi connectivity index (χ2v) is 6.06. The van der Waals surface area contributed by atoms with Crippen LogP contribution in [-0.2, 0) is 0 Å². The van der Waals surface area contributed by atoms with Crippen molar-refractivity contribution in [1.82, 2.24) is 9.97 Å². The molecule has 1 aromatic rings. The van der Waals surface area contributed by atoms with Crippen LogP contribution >= 0.6 is 11.8 Å². The van der Waals surface area contributed by atoms with Crippen LogP contribution in [0.5, 0.6) is 5.88 Å². The lowest BCUT2D eigenvalue weighted by Crippen LogP contribution is -2.17. The van der Waals surface area contributed by atoms with E-state index in [1.54, 1.807) is 12.4 Å². The Hall–Kier alpha value is -0.970. The SMILES string of the molecule is CSC1CCC(Nc2cncc(OC(C)C)n2)C1. The van der Waals surface area contributed by atoms with E-state index in [0.29, 0.717) is 11.9 Å². The molecule has 18 heavy (non-hydrogen) atoms. The smallest absolute Gasteiger partial charge is 0.234 e. The molecule has 2 unspecified atom stereocenters. The molecule has 1 N–H and O–H groups in total. The molecule has 1 fully saturated rings. The van der Waals surface area contributed by atoms with E-state index in [9.17, 15) is 0 Å². The molecule has 1 heterocycles. The number of anilines is 1. The zero-order valence-electron chi connectivity index (χ0n) is 11.2. The van der Waals surface area contributed by atoms with Gasteiger partial charge in [0, 0.05) is 11.3 Å². The summed E-state index contributed by atoms with van der Waals surface area (Å²) in [5, 5.41) is 4.23. The molecule has 1 saturated carbocycles. The van der Waals surface area contributed by atoms with Crippen molar-refractivity contribution in [3.05, 3.63) is 12.4 Å². The molecule has 2 rings (SSSR count). The van der Waals surface area contributed by atoms with Gasteiger partial charge in [0.2, 0.25) is 5.88 Å². The third-order valence-corrected chi connectivity index (χ3v) is 4.13. The summed E-state index contributed by atoms with van der Waals surface area (Å²) in [5.74, 6) is 1.41. The van der Waals surface area contributed by atoms with Gasteiger partial charge in [0.25, 0.3) is 0 Å². The number of ether oxygens (including phenoxy) is 1. The van der Waals surface area contributed by atoms with Gasteiger partial charge in [-0.3, -0.25) is 4.98 Å². The van der Waals surface area contributed by atoms with Crippen LogP contribution in [0.1, 0.15) is 33.1 Å². The molecule has 5 heteroatoms. The molecular weight excluding hydrogens is 246 g/mol. The number of hydrogen-bond donors (Lipinski definition) is 1. The molecule has 0 bridgehead atoms. The van der Waals surface area contributed by atoms with Gasteiger partial charge in [-0.15, -0.1) is 0 Å². The highest BCUT2D eigenvalue weighted by atomic mass is 32.2. The Balaban J connectivity index is 1.93. The summed E-state index contributed by atoms with van der Waals surface area (Å²) in [4.78, 5) is 8.59. The minimum atomic E-state index is 0.127.